The molecule has 4 aliphatic rings. The first-order valence-electron chi connectivity index (χ1n) is 17.0. The Bertz CT molecular complexity index is 1770. The molecule has 6 heterocycles. The Hall–Kier alpha value is -3.97. The number of carbonyl (C=O) groups excluding carboxylic acids is 2. The molecule has 0 bridgehead atoms. The van der Waals surface area contributed by atoms with E-state index in [-0.39, 0.29) is 42.0 Å². The summed E-state index contributed by atoms with van der Waals surface area (Å²) in [6.07, 6.45) is 7.70. The van der Waals surface area contributed by atoms with Crippen molar-refractivity contribution in [3.05, 3.63) is 72.6 Å². The zero-order valence-electron chi connectivity index (χ0n) is 27.2. The fraction of sp³-hybridized carbons (Fsp3) is 0.444. The maximum absolute atomic E-state index is 13.6. The molecule has 4 aliphatic heterocycles. The number of imidazole rings is 2. The van der Waals surface area contributed by atoms with Gasteiger partial charge in [0.2, 0.25) is 18.2 Å². The van der Waals surface area contributed by atoms with Crippen molar-refractivity contribution in [3.8, 4) is 33.6 Å². The summed E-state index contributed by atoms with van der Waals surface area (Å²) < 4.78 is 10.7. The largest absolute Gasteiger partial charge is 0.340 e. The van der Waals surface area contributed by atoms with Crippen LogP contribution in [0.2, 0.25) is 0 Å². The number of H-pyrrole nitrogens is 2. The van der Waals surface area contributed by atoms with Crippen LogP contribution in [0.25, 0.3) is 33.6 Å². The number of benzene rings is 2. The first kappa shape index (κ1) is 31.3. The molecule has 12 heteroatoms. The highest BCUT2D eigenvalue weighted by Gasteiger charge is 2.42. The van der Waals surface area contributed by atoms with Gasteiger partial charge in [-0.15, -0.1) is 11.8 Å². The number of hydrogen-bond acceptors (Lipinski definition) is 8. The number of rotatable bonds is 9. The number of fused-ring (bicyclic) bond motifs is 1. The molecular formula is C36H41N7O4S. The number of thioether (sulfide) groups is 1. The van der Waals surface area contributed by atoms with Crippen LogP contribution in [0.3, 0.4) is 0 Å². The molecule has 0 saturated carbocycles. The Balaban J connectivity index is 0.927. The van der Waals surface area contributed by atoms with Crippen LogP contribution in [-0.4, -0.2) is 78.5 Å². The SMILES string of the molecule is CC(C)[C@H](NC1OCO1)C(=O)N1CCC[C@H]1c1ncc(-c2ccc(-c3ccc(-c4cnc([C@@H]5CS[C@@H]6CCCC(=O)N65)[nH]4)cc3)cc2)[nH]1. The third-order valence-electron chi connectivity index (χ3n) is 9.99. The molecule has 48 heavy (non-hydrogen) atoms. The van der Waals surface area contributed by atoms with E-state index >= 15 is 0 Å². The predicted molar refractivity (Wildman–Crippen MR) is 183 cm³/mol. The number of aromatic amines is 2. The number of amides is 2. The van der Waals surface area contributed by atoms with E-state index in [9.17, 15) is 9.59 Å². The van der Waals surface area contributed by atoms with Crippen molar-refractivity contribution in [1.29, 1.82) is 0 Å². The molecule has 0 radical (unpaired) electrons. The monoisotopic (exact) mass is 667 g/mol. The van der Waals surface area contributed by atoms with Crippen LogP contribution in [-0.2, 0) is 19.1 Å². The van der Waals surface area contributed by atoms with Crippen LogP contribution in [0.5, 0.6) is 0 Å². The van der Waals surface area contributed by atoms with Gasteiger partial charge >= 0.3 is 0 Å². The van der Waals surface area contributed by atoms with Crippen molar-refractivity contribution >= 4 is 23.6 Å². The summed E-state index contributed by atoms with van der Waals surface area (Å²) in [6, 6.07) is 16.5. The van der Waals surface area contributed by atoms with Crippen LogP contribution in [0, 0.1) is 5.92 Å². The summed E-state index contributed by atoms with van der Waals surface area (Å²) in [6.45, 7) is 5.01. The summed E-state index contributed by atoms with van der Waals surface area (Å²) in [7, 11) is 0. The van der Waals surface area contributed by atoms with Gasteiger partial charge < -0.3 is 29.2 Å². The average Bonchev–Trinajstić information content (AvgIpc) is 3.90. The van der Waals surface area contributed by atoms with Crippen molar-refractivity contribution in [2.45, 2.75) is 75.9 Å². The van der Waals surface area contributed by atoms with Gasteiger partial charge in [0.25, 0.3) is 0 Å². The summed E-state index contributed by atoms with van der Waals surface area (Å²) in [5.41, 5.74) is 6.22. The van der Waals surface area contributed by atoms with E-state index in [2.05, 4.69) is 68.8 Å². The van der Waals surface area contributed by atoms with E-state index in [1.165, 1.54) is 0 Å². The van der Waals surface area contributed by atoms with Crippen LogP contribution >= 0.6 is 11.8 Å². The second kappa shape index (κ2) is 13.1. The summed E-state index contributed by atoms with van der Waals surface area (Å²) in [5, 5.41) is 3.49. The minimum atomic E-state index is -0.527. The van der Waals surface area contributed by atoms with E-state index in [4.69, 9.17) is 14.5 Å². The number of nitrogens with zero attached hydrogens (tertiary/aromatic N) is 4. The van der Waals surface area contributed by atoms with Crippen molar-refractivity contribution in [2.75, 3.05) is 19.1 Å². The zero-order chi connectivity index (χ0) is 32.8. The number of carbonyl (C=O) groups is 2. The topological polar surface area (TPSA) is 128 Å². The standard InChI is InChI=1S/C36H41N7O4S/c1-21(2)32(41-36-46-20-47-36)35(45)42-16-4-5-28(42)33-37-17-26(39-33)24-12-8-22(9-13-24)23-10-14-25(15-11-23)27-18-38-34(40-27)29-19-48-31-7-3-6-30(44)43(29)31/h8-15,17-18,21,28-29,31-32,36,41H,3-7,16,19-20H2,1-2H3,(H,37,39)(H,38,40)/t28-,29-,31+,32-/m0/s1. The van der Waals surface area contributed by atoms with Gasteiger partial charge in [0.05, 0.1) is 47.3 Å². The highest BCUT2D eigenvalue weighted by molar-refractivity contribution is 8.00. The maximum atomic E-state index is 13.6. The Morgan fingerprint density at radius 1 is 0.875 bits per heavy atom. The van der Waals surface area contributed by atoms with Gasteiger partial charge in [-0.05, 0) is 53.9 Å². The third-order valence-corrected chi connectivity index (χ3v) is 11.3. The number of likely N-dealkylation sites (tertiary alicyclic amines) is 1. The quantitative estimate of drug-likeness (QED) is 0.204. The van der Waals surface area contributed by atoms with Crippen molar-refractivity contribution in [1.82, 2.24) is 35.1 Å². The lowest BCUT2D eigenvalue weighted by molar-refractivity contribution is -0.335. The predicted octanol–water partition coefficient (Wildman–Crippen LogP) is 5.83. The molecule has 4 atom stereocenters. The fourth-order valence-corrected chi connectivity index (χ4v) is 8.78. The molecule has 4 aromatic rings. The smallest absolute Gasteiger partial charge is 0.240 e. The highest BCUT2D eigenvalue weighted by atomic mass is 32.2. The van der Waals surface area contributed by atoms with E-state index in [0.29, 0.717) is 13.0 Å². The van der Waals surface area contributed by atoms with Gasteiger partial charge in [-0.3, -0.25) is 14.9 Å². The van der Waals surface area contributed by atoms with Gasteiger partial charge in [0, 0.05) is 18.7 Å². The third kappa shape index (κ3) is 5.95. The molecule has 2 aromatic heterocycles. The molecular weight excluding hydrogens is 627 g/mol. The van der Waals surface area contributed by atoms with E-state index in [1.807, 2.05) is 47.8 Å². The van der Waals surface area contributed by atoms with Crippen LogP contribution < -0.4 is 5.32 Å². The summed E-state index contributed by atoms with van der Waals surface area (Å²) in [5.74, 6) is 2.95. The molecule has 0 spiro atoms. The summed E-state index contributed by atoms with van der Waals surface area (Å²) in [4.78, 5) is 46.6. The average molecular weight is 668 g/mol. The normalized spacial score (nSPS) is 23.5. The fourth-order valence-electron chi connectivity index (χ4n) is 7.30. The highest BCUT2D eigenvalue weighted by Crippen LogP contribution is 2.43. The Kier molecular flexibility index (Phi) is 8.58. The maximum Gasteiger partial charge on any atom is 0.240 e. The number of hydrogen-bond donors (Lipinski definition) is 3. The van der Waals surface area contributed by atoms with Gasteiger partial charge in [-0.2, -0.15) is 0 Å². The molecule has 250 valence electrons. The Labute approximate surface area is 284 Å². The molecule has 11 nitrogen and oxygen atoms in total. The summed E-state index contributed by atoms with van der Waals surface area (Å²) >= 11 is 1.87. The molecule has 2 amide bonds. The number of nitrogens with one attached hydrogen (secondary N) is 3. The van der Waals surface area contributed by atoms with E-state index in [0.717, 1.165) is 76.7 Å². The van der Waals surface area contributed by atoms with Crippen LogP contribution in [0.15, 0.2) is 60.9 Å². The second-order valence-electron chi connectivity index (χ2n) is 13.4. The molecule has 4 saturated heterocycles. The second-order valence-corrected chi connectivity index (χ2v) is 14.6. The van der Waals surface area contributed by atoms with Gasteiger partial charge in [-0.1, -0.05) is 62.4 Å². The first-order chi connectivity index (χ1) is 23.4. The van der Waals surface area contributed by atoms with Crippen molar-refractivity contribution in [2.24, 2.45) is 5.92 Å². The van der Waals surface area contributed by atoms with Crippen molar-refractivity contribution in [3.63, 3.8) is 0 Å². The zero-order valence-corrected chi connectivity index (χ0v) is 28.0. The lowest BCUT2D eigenvalue weighted by Crippen LogP contribution is -2.56. The van der Waals surface area contributed by atoms with E-state index in [1.54, 1.807) is 0 Å². The van der Waals surface area contributed by atoms with Crippen LogP contribution in [0.1, 0.15) is 69.7 Å². The number of ether oxygens (including phenoxy) is 2. The molecule has 4 fully saturated rings. The molecule has 8 rings (SSSR count). The van der Waals surface area contributed by atoms with E-state index < -0.39 is 12.5 Å². The number of piperidine rings is 1. The molecule has 0 unspecified atom stereocenters. The van der Waals surface area contributed by atoms with Crippen LogP contribution in [0.4, 0.5) is 0 Å². The lowest BCUT2D eigenvalue weighted by Gasteiger charge is -2.35. The minimum absolute atomic E-state index is 0.0205. The van der Waals surface area contributed by atoms with Gasteiger partial charge in [-0.25, -0.2) is 9.97 Å². The Morgan fingerprint density at radius 2 is 1.48 bits per heavy atom. The first-order valence-corrected chi connectivity index (χ1v) is 18.0. The minimum Gasteiger partial charge on any atom is -0.340 e. The molecule has 0 aliphatic carbocycles. The molecule has 3 N–H and O–H groups in total. The molecule has 2 aromatic carbocycles. The Morgan fingerprint density at radius 3 is 2.06 bits per heavy atom. The lowest BCUT2D eigenvalue weighted by atomic mass is 10.0. The van der Waals surface area contributed by atoms with Gasteiger partial charge in [0.15, 0.2) is 6.79 Å². The van der Waals surface area contributed by atoms with Crippen molar-refractivity contribution < 1.29 is 19.1 Å². The number of aromatic nitrogens is 4. The van der Waals surface area contributed by atoms with Gasteiger partial charge in [0.1, 0.15) is 11.6 Å².